The Kier molecular flexibility index (Phi) is 2.75. The summed E-state index contributed by atoms with van der Waals surface area (Å²) in [5.41, 5.74) is 9.08. The first-order chi connectivity index (χ1) is 7.61. The van der Waals surface area contributed by atoms with E-state index in [1.165, 1.54) is 0 Å². The Bertz CT molecular complexity index is 499. The molecule has 84 valence electrons. The maximum atomic E-state index is 5.94. The van der Waals surface area contributed by atoms with Crippen molar-refractivity contribution in [3.63, 3.8) is 0 Å². The summed E-state index contributed by atoms with van der Waals surface area (Å²) < 4.78 is 1.98. The highest BCUT2D eigenvalue weighted by Gasteiger charge is 2.12. The van der Waals surface area contributed by atoms with Crippen molar-refractivity contribution >= 4 is 0 Å². The fourth-order valence-corrected chi connectivity index (χ4v) is 1.68. The first-order valence-corrected chi connectivity index (χ1v) is 5.32. The Morgan fingerprint density at radius 2 is 2.06 bits per heavy atom. The molecule has 0 unspecified atom stereocenters. The molecule has 2 rings (SSSR count). The van der Waals surface area contributed by atoms with Gasteiger partial charge in [0.05, 0.1) is 5.69 Å². The van der Waals surface area contributed by atoms with E-state index in [-0.39, 0.29) is 6.04 Å². The molecule has 0 aliphatic rings. The van der Waals surface area contributed by atoms with Crippen molar-refractivity contribution in [3.8, 4) is 5.82 Å². The Morgan fingerprint density at radius 3 is 2.62 bits per heavy atom. The third-order valence-corrected chi connectivity index (χ3v) is 2.79. The molecule has 2 aromatic rings. The fraction of sp³-hybridized carbons (Fsp3) is 0.333. The Labute approximate surface area is 95.1 Å². The summed E-state index contributed by atoms with van der Waals surface area (Å²) in [5.74, 6) is 0.871. The summed E-state index contributed by atoms with van der Waals surface area (Å²) in [4.78, 5) is 8.66. The second kappa shape index (κ2) is 4.06. The third kappa shape index (κ3) is 1.72. The van der Waals surface area contributed by atoms with Gasteiger partial charge in [0.15, 0.2) is 0 Å². The lowest BCUT2D eigenvalue weighted by Crippen LogP contribution is -2.11. The van der Waals surface area contributed by atoms with Gasteiger partial charge in [0, 0.05) is 23.5 Å². The average Bonchev–Trinajstić information content (AvgIpc) is 2.60. The van der Waals surface area contributed by atoms with Crippen molar-refractivity contribution in [3.05, 3.63) is 41.6 Å². The first-order valence-electron chi connectivity index (χ1n) is 5.32. The molecule has 0 amide bonds. The molecule has 4 nitrogen and oxygen atoms in total. The quantitative estimate of drug-likeness (QED) is 0.834. The summed E-state index contributed by atoms with van der Waals surface area (Å²) in [6.07, 6.45) is 3.56. The van der Waals surface area contributed by atoms with Crippen molar-refractivity contribution in [2.75, 3.05) is 0 Å². The van der Waals surface area contributed by atoms with Crippen LogP contribution in [0.2, 0.25) is 0 Å². The molecular formula is C12H16N4. The first kappa shape index (κ1) is 10.8. The molecule has 0 fully saturated rings. The molecule has 2 N–H and O–H groups in total. The molecule has 4 heteroatoms. The van der Waals surface area contributed by atoms with Crippen LogP contribution >= 0.6 is 0 Å². The number of nitrogens with two attached hydrogens (primary N) is 1. The normalized spacial score (nSPS) is 12.8. The summed E-state index contributed by atoms with van der Waals surface area (Å²) >= 11 is 0. The number of imidazole rings is 1. The molecule has 0 saturated heterocycles. The van der Waals surface area contributed by atoms with Crippen molar-refractivity contribution in [2.24, 2.45) is 5.73 Å². The van der Waals surface area contributed by atoms with Crippen LogP contribution in [0.15, 0.2) is 24.7 Å². The van der Waals surface area contributed by atoms with Gasteiger partial charge in [-0.1, -0.05) is 6.07 Å². The molecule has 0 aliphatic heterocycles. The molecule has 0 aliphatic carbocycles. The predicted octanol–water partition coefficient (Wildman–Crippen LogP) is 1.90. The van der Waals surface area contributed by atoms with Gasteiger partial charge in [0.1, 0.15) is 12.1 Å². The van der Waals surface area contributed by atoms with E-state index >= 15 is 0 Å². The largest absolute Gasteiger partial charge is 0.324 e. The molecule has 2 heterocycles. The number of nitrogens with zero attached hydrogens (tertiary/aromatic N) is 3. The van der Waals surface area contributed by atoms with E-state index in [9.17, 15) is 0 Å². The standard InChI is InChI=1S/C12H16N4/c1-8(13)11-5-4-6-14-12(11)16-7-15-9(2)10(16)3/h4-8H,13H2,1-3H3/t8-/m0/s1. The summed E-state index contributed by atoms with van der Waals surface area (Å²) in [5, 5.41) is 0. The number of rotatable bonds is 2. The van der Waals surface area contributed by atoms with Gasteiger partial charge in [0.2, 0.25) is 0 Å². The van der Waals surface area contributed by atoms with E-state index in [0.717, 1.165) is 22.8 Å². The molecule has 0 aromatic carbocycles. The Hall–Kier alpha value is -1.68. The van der Waals surface area contributed by atoms with Gasteiger partial charge in [-0.25, -0.2) is 9.97 Å². The van der Waals surface area contributed by atoms with Crippen molar-refractivity contribution in [2.45, 2.75) is 26.8 Å². The smallest absolute Gasteiger partial charge is 0.142 e. The minimum Gasteiger partial charge on any atom is -0.324 e. The fourth-order valence-electron chi connectivity index (χ4n) is 1.68. The van der Waals surface area contributed by atoms with Gasteiger partial charge >= 0.3 is 0 Å². The van der Waals surface area contributed by atoms with Gasteiger partial charge in [-0.15, -0.1) is 0 Å². The Morgan fingerprint density at radius 1 is 1.31 bits per heavy atom. The third-order valence-electron chi connectivity index (χ3n) is 2.79. The topological polar surface area (TPSA) is 56.7 Å². The molecule has 2 aromatic heterocycles. The molecule has 0 saturated carbocycles. The van der Waals surface area contributed by atoms with Crippen molar-refractivity contribution in [1.29, 1.82) is 0 Å². The van der Waals surface area contributed by atoms with Gasteiger partial charge in [-0.05, 0) is 26.8 Å². The molecular weight excluding hydrogens is 200 g/mol. The van der Waals surface area contributed by atoms with Crippen LogP contribution < -0.4 is 5.73 Å². The minimum absolute atomic E-state index is 0.0363. The van der Waals surface area contributed by atoms with Crippen LogP contribution in [0.4, 0.5) is 0 Å². The number of aromatic nitrogens is 3. The highest BCUT2D eigenvalue weighted by Crippen LogP contribution is 2.19. The van der Waals surface area contributed by atoms with E-state index in [1.807, 2.05) is 37.5 Å². The van der Waals surface area contributed by atoms with E-state index in [1.54, 1.807) is 12.5 Å². The van der Waals surface area contributed by atoms with Crippen LogP contribution in [0.1, 0.15) is 29.9 Å². The van der Waals surface area contributed by atoms with Crippen LogP contribution in [-0.4, -0.2) is 14.5 Å². The van der Waals surface area contributed by atoms with E-state index in [0.29, 0.717) is 0 Å². The van der Waals surface area contributed by atoms with Crippen LogP contribution in [0.5, 0.6) is 0 Å². The zero-order valence-corrected chi connectivity index (χ0v) is 9.81. The van der Waals surface area contributed by atoms with Crippen LogP contribution in [-0.2, 0) is 0 Å². The zero-order chi connectivity index (χ0) is 11.7. The average molecular weight is 216 g/mol. The maximum Gasteiger partial charge on any atom is 0.142 e. The van der Waals surface area contributed by atoms with E-state index < -0.39 is 0 Å². The van der Waals surface area contributed by atoms with Crippen molar-refractivity contribution < 1.29 is 0 Å². The highest BCUT2D eigenvalue weighted by molar-refractivity contribution is 5.38. The van der Waals surface area contributed by atoms with Gasteiger partial charge in [-0.2, -0.15) is 0 Å². The number of hydrogen-bond acceptors (Lipinski definition) is 3. The van der Waals surface area contributed by atoms with Crippen LogP contribution in [0.25, 0.3) is 5.82 Å². The van der Waals surface area contributed by atoms with Crippen molar-refractivity contribution in [1.82, 2.24) is 14.5 Å². The molecule has 16 heavy (non-hydrogen) atoms. The van der Waals surface area contributed by atoms with Gasteiger partial charge in [-0.3, -0.25) is 4.57 Å². The molecule has 0 spiro atoms. The van der Waals surface area contributed by atoms with E-state index in [4.69, 9.17) is 5.73 Å². The second-order valence-electron chi connectivity index (χ2n) is 3.99. The predicted molar refractivity (Wildman–Crippen MR) is 63.4 cm³/mol. The maximum absolute atomic E-state index is 5.94. The highest BCUT2D eigenvalue weighted by atomic mass is 15.1. The molecule has 0 bridgehead atoms. The summed E-state index contributed by atoms with van der Waals surface area (Å²) in [7, 11) is 0. The lowest BCUT2D eigenvalue weighted by Gasteiger charge is -2.13. The number of aryl methyl sites for hydroxylation is 1. The lowest BCUT2D eigenvalue weighted by atomic mass is 10.1. The number of pyridine rings is 1. The second-order valence-corrected chi connectivity index (χ2v) is 3.99. The van der Waals surface area contributed by atoms with Crippen LogP contribution in [0.3, 0.4) is 0 Å². The molecule has 0 radical (unpaired) electrons. The van der Waals surface area contributed by atoms with Gasteiger partial charge < -0.3 is 5.73 Å². The van der Waals surface area contributed by atoms with E-state index in [2.05, 4.69) is 9.97 Å². The summed E-state index contributed by atoms with van der Waals surface area (Å²) in [6.45, 7) is 5.97. The SMILES string of the molecule is Cc1ncn(-c2ncccc2[C@H](C)N)c1C. The number of hydrogen-bond donors (Lipinski definition) is 1. The van der Waals surface area contributed by atoms with Crippen LogP contribution in [0, 0.1) is 13.8 Å². The zero-order valence-electron chi connectivity index (χ0n) is 9.81. The molecule has 1 atom stereocenters. The van der Waals surface area contributed by atoms with Gasteiger partial charge in [0.25, 0.3) is 0 Å². The minimum atomic E-state index is -0.0363. The Balaban J connectivity index is 2.60. The monoisotopic (exact) mass is 216 g/mol. The lowest BCUT2D eigenvalue weighted by molar-refractivity contribution is 0.786. The summed E-state index contributed by atoms with van der Waals surface area (Å²) in [6, 6.07) is 3.87.